The van der Waals surface area contributed by atoms with Gasteiger partial charge in [0, 0.05) is 33.2 Å². The van der Waals surface area contributed by atoms with Crippen LogP contribution in [0.5, 0.6) is 0 Å². The third-order valence-corrected chi connectivity index (χ3v) is 2.84. The molecule has 0 unspecified atom stereocenters. The van der Waals surface area contributed by atoms with Gasteiger partial charge >= 0.3 is 0 Å². The van der Waals surface area contributed by atoms with E-state index in [9.17, 15) is 0 Å². The molecule has 0 radical (unpaired) electrons. The molecule has 0 spiro atoms. The van der Waals surface area contributed by atoms with Crippen LogP contribution in [0.25, 0.3) is 0 Å². The predicted molar refractivity (Wildman–Crippen MR) is 56.0 cm³/mol. The third kappa shape index (κ3) is 1.71. The Balaban J connectivity index is 2.22. The zero-order valence-electron chi connectivity index (χ0n) is 7.63. The summed E-state index contributed by atoms with van der Waals surface area (Å²) in [6.45, 7) is 4.21. The van der Waals surface area contributed by atoms with Crippen LogP contribution in [0.3, 0.4) is 0 Å². The van der Waals surface area contributed by atoms with Crippen molar-refractivity contribution in [3.63, 3.8) is 0 Å². The highest BCUT2D eigenvalue weighted by molar-refractivity contribution is 9.10. The van der Waals surface area contributed by atoms with Crippen molar-refractivity contribution in [3.05, 3.63) is 10.7 Å². The first-order chi connectivity index (χ1) is 6.29. The van der Waals surface area contributed by atoms with Gasteiger partial charge in [-0.3, -0.25) is 4.68 Å². The lowest BCUT2D eigenvalue weighted by Gasteiger charge is -2.29. The van der Waals surface area contributed by atoms with Crippen molar-refractivity contribution in [2.24, 2.45) is 7.05 Å². The number of rotatable bonds is 1. The lowest BCUT2D eigenvalue weighted by Crippen LogP contribution is -2.44. The topological polar surface area (TPSA) is 33.1 Å². The minimum Gasteiger partial charge on any atom is -0.353 e. The molecule has 1 aliphatic rings. The fourth-order valence-corrected chi connectivity index (χ4v) is 2.24. The number of nitrogens with one attached hydrogen (secondary N) is 1. The molecule has 4 nitrogen and oxygen atoms in total. The third-order valence-electron chi connectivity index (χ3n) is 2.28. The second-order valence-electron chi connectivity index (χ2n) is 3.18. The van der Waals surface area contributed by atoms with E-state index in [1.807, 2.05) is 17.9 Å². The molecule has 1 fully saturated rings. The van der Waals surface area contributed by atoms with Crippen molar-refractivity contribution in [2.45, 2.75) is 0 Å². The molecular formula is C8H13BrN4. The van der Waals surface area contributed by atoms with Crippen molar-refractivity contribution in [1.82, 2.24) is 15.1 Å². The molecule has 13 heavy (non-hydrogen) atoms. The molecule has 2 rings (SSSR count). The van der Waals surface area contributed by atoms with E-state index < -0.39 is 0 Å². The minimum absolute atomic E-state index is 1.05. The SMILES string of the molecule is Cn1ncc(Br)c1N1CCNCC1. The Hall–Kier alpha value is -0.550. The summed E-state index contributed by atoms with van der Waals surface area (Å²) in [4.78, 5) is 2.34. The molecule has 2 heterocycles. The molecule has 0 bridgehead atoms. The van der Waals surface area contributed by atoms with E-state index in [1.165, 1.54) is 5.82 Å². The quantitative estimate of drug-likeness (QED) is 0.786. The Morgan fingerprint density at radius 3 is 2.69 bits per heavy atom. The number of nitrogens with zero attached hydrogens (tertiary/aromatic N) is 3. The second-order valence-corrected chi connectivity index (χ2v) is 4.03. The Morgan fingerprint density at radius 2 is 2.15 bits per heavy atom. The number of aromatic nitrogens is 2. The molecule has 0 aliphatic carbocycles. The van der Waals surface area contributed by atoms with E-state index in [-0.39, 0.29) is 0 Å². The van der Waals surface area contributed by atoms with Gasteiger partial charge in [0.2, 0.25) is 0 Å². The number of halogens is 1. The normalized spacial score (nSPS) is 17.8. The monoisotopic (exact) mass is 244 g/mol. The maximum absolute atomic E-state index is 4.20. The van der Waals surface area contributed by atoms with E-state index in [0.717, 1.165) is 30.7 Å². The highest BCUT2D eigenvalue weighted by Crippen LogP contribution is 2.24. The van der Waals surface area contributed by atoms with E-state index >= 15 is 0 Å². The van der Waals surface area contributed by atoms with Crippen molar-refractivity contribution in [2.75, 3.05) is 31.1 Å². The Bertz CT molecular complexity index is 271. The van der Waals surface area contributed by atoms with E-state index in [1.54, 1.807) is 0 Å². The number of aryl methyl sites for hydroxylation is 1. The fraction of sp³-hybridized carbons (Fsp3) is 0.625. The summed E-state index contributed by atoms with van der Waals surface area (Å²) in [5, 5.41) is 7.53. The summed E-state index contributed by atoms with van der Waals surface area (Å²) in [6, 6.07) is 0. The van der Waals surface area contributed by atoms with Crippen LogP contribution >= 0.6 is 15.9 Å². The lowest BCUT2D eigenvalue weighted by atomic mass is 10.3. The average Bonchev–Trinajstić information content (AvgIpc) is 2.48. The molecule has 1 aliphatic heterocycles. The second kappa shape index (κ2) is 3.67. The van der Waals surface area contributed by atoms with E-state index in [2.05, 4.69) is 31.2 Å². The highest BCUT2D eigenvalue weighted by Gasteiger charge is 2.16. The maximum atomic E-state index is 4.20. The van der Waals surface area contributed by atoms with Gasteiger partial charge < -0.3 is 10.2 Å². The highest BCUT2D eigenvalue weighted by atomic mass is 79.9. The van der Waals surface area contributed by atoms with Crippen molar-refractivity contribution in [1.29, 1.82) is 0 Å². The van der Waals surface area contributed by atoms with Gasteiger partial charge in [0.25, 0.3) is 0 Å². The minimum atomic E-state index is 1.05. The average molecular weight is 245 g/mol. The largest absolute Gasteiger partial charge is 0.353 e. The smallest absolute Gasteiger partial charge is 0.141 e. The van der Waals surface area contributed by atoms with Crippen LogP contribution in [0, 0.1) is 0 Å². The van der Waals surface area contributed by atoms with Gasteiger partial charge in [-0.2, -0.15) is 5.10 Å². The van der Waals surface area contributed by atoms with Gasteiger partial charge in [0.1, 0.15) is 5.82 Å². The van der Waals surface area contributed by atoms with Crippen LogP contribution in [0.4, 0.5) is 5.82 Å². The van der Waals surface area contributed by atoms with Crippen LogP contribution in [0.2, 0.25) is 0 Å². The summed E-state index contributed by atoms with van der Waals surface area (Å²) >= 11 is 3.51. The van der Waals surface area contributed by atoms with Crippen molar-refractivity contribution in [3.8, 4) is 0 Å². The lowest BCUT2D eigenvalue weighted by molar-refractivity contribution is 0.572. The van der Waals surface area contributed by atoms with Gasteiger partial charge in [-0.05, 0) is 15.9 Å². The summed E-state index contributed by atoms with van der Waals surface area (Å²) in [6.07, 6.45) is 1.84. The number of hydrogen-bond acceptors (Lipinski definition) is 3. The number of piperazine rings is 1. The fourth-order valence-electron chi connectivity index (χ4n) is 1.64. The zero-order valence-corrected chi connectivity index (χ0v) is 9.21. The molecule has 1 aromatic heterocycles. The molecule has 0 amide bonds. The standard InChI is InChI=1S/C8H13BrN4/c1-12-8(7(9)6-11-12)13-4-2-10-3-5-13/h6,10H,2-5H2,1H3. The van der Waals surface area contributed by atoms with E-state index in [0.29, 0.717) is 0 Å². The van der Waals surface area contributed by atoms with Crippen molar-refractivity contribution >= 4 is 21.7 Å². The summed E-state index contributed by atoms with van der Waals surface area (Å²) in [5.74, 6) is 1.18. The van der Waals surface area contributed by atoms with Gasteiger partial charge in [0.15, 0.2) is 0 Å². The number of hydrogen-bond donors (Lipinski definition) is 1. The first kappa shape index (κ1) is 9.02. The number of anilines is 1. The van der Waals surface area contributed by atoms with Gasteiger partial charge in [0.05, 0.1) is 10.7 Å². The maximum Gasteiger partial charge on any atom is 0.141 e. The molecule has 1 N–H and O–H groups in total. The van der Waals surface area contributed by atoms with Gasteiger partial charge in [-0.15, -0.1) is 0 Å². The Kier molecular flexibility index (Phi) is 2.55. The molecule has 0 atom stereocenters. The Morgan fingerprint density at radius 1 is 1.46 bits per heavy atom. The molecular weight excluding hydrogens is 232 g/mol. The summed E-state index contributed by atoms with van der Waals surface area (Å²) in [5.41, 5.74) is 0. The van der Waals surface area contributed by atoms with Gasteiger partial charge in [-0.1, -0.05) is 0 Å². The first-order valence-electron chi connectivity index (χ1n) is 4.42. The molecule has 5 heteroatoms. The van der Waals surface area contributed by atoms with Crippen LogP contribution in [0.15, 0.2) is 10.7 Å². The van der Waals surface area contributed by atoms with Crippen LogP contribution in [-0.2, 0) is 7.05 Å². The van der Waals surface area contributed by atoms with Gasteiger partial charge in [-0.25, -0.2) is 0 Å². The first-order valence-corrected chi connectivity index (χ1v) is 5.21. The Labute approximate surface area is 86.0 Å². The van der Waals surface area contributed by atoms with Crippen LogP contribution in [-0.4, -0.2) is 36.0 Å². The predicted octanol–water partition coefficient (Wildman–Crippen LogP) is 0.592. The van der Waals surface area contributed by atoms with Crippen molar-refractivity contribution < 1.29 is 0 Å². The molecule has 72 valence electrons. The summed E-state index contributed by atoms with van der Waals surface area (Å²) in [7, 11) is 1.97. The van der Waals surface area contributed by atoms with Crippen LogP contribution < -0.4 is 10.2 Å². The summed E-state index contributed by atoms with van der Waals surface area (Å²) < 4.78 is 2.99. The molecule has 1 aromatic rings. The molecule has 0 saturated carbocycles. The molecule has 1 saturated heterocycles. The van der Waals surface area contributed by atoms with E-state index in [4.69, 9.17) is 0 Å². The van der Waals surface area contributed by atoms with Crippen LogP contribution in [0.1, 0.15) is 0 Å². The molecule has 0 aromatic carbocycles. The zero-order chi connectivity index (χ0) is 9.26.